The Kier molecular flexibility index (Phi) is 6.42. The van der Waals surface area contributed by atoms with E-state index in [1.54, 1.807) is 6.92 Å². The second kappa shape index (κ2) is 8.18. The van der Waals surface area contributed by atoms with Gasteiger partial charge in [0.15, 0.2) is 5.70 Å². The highest BCUT2D eigenvalue weighted by Crippen LogP contribution is 2.53. The van der Waals surface area contributed by atoms with E-state index in [4.69, 9.17) is 0 Å². The maximum absolute atomic E-state index is 12.1. The second-order valence-electron chi connectivity index (χ2n) is 5.49. The van der Waals surface area contributed by atoms with Gasteiger partial charge in [-0.3, -0.25) is 9.69 Å². The first-order valence-electron chi connectivity index (χ1n) is 7.63. The third kappa shape index (κ3) is 3.91. The van der Waals surface area contributed by atoms with Crippen LogP contribution in [-0.2, 0) is 19.1 Å². The molecule has 0 aromatic rings. The zero-order valence-electron chi connectivity index (χ0n) is 13.9. The summed E-state index contributed by atoms with van der Waals surface area (Å²) >= 11 is 2.01. The number of ether oxygens (including phenoxy) is 1. The topological polar surface area (TPSA) is 153 Å². The average molecular weight is 406 g/mol. The van der Waals surface area contributed by atoms with Crippen molar-refractivity contribution in [2.24, 2.45) is 5.92 Å². The highest BCUT2D eigenvalue weighted by atomic mass is 32.2. The first-order chi connectivity index (χ1) is 12.2. The number of aliphatic hydroxyl groups excluding tert-OH is 1. The van der Waals surface area contributed by atoms with E-state index in [0.717, 1.165) is 28.4 Å². The number of β-lactam (4-membered cyclic amide) rings is 1. The first kappa shape index (κ1) is 20.4. The molecule has 0 aliphatic carbocycles. The average Bonchev–Trinajstić information content (AvgIpc) is 2.85. The predicted octanol–water partition coefficient (Wildman–Crippen LogP) is 0.0847. The van der Waals surface area contributed by atoms with Gasteiger partial charge in [0.2, 0.25) is 5.91 Å². The molecule has 2 amide bonds. The van der Waals surface area contributed by atoms with Crippen molar-refractivity contribution in [2.75, 3.05) is 12.4 Å². The van der Waals surface area contributed by atoms with Gasteiger partial charge in [-0.05, 0) is 13.8 Å². The molecule has 2 rings (SSSR count). The van der Waals surface area contributed by atoms with Gasteiger partial charge >= 0.3 is 18.0 Å². The summed E-state index contributed by atoms with van der Waals surface area (Å²) in [4.78, 5) is 47.4. The summed E-state index contributed by atoms with van der Waals surface area (Å²) in [5.41, 5.74) is -0.229. The van der Waals surface area contributed by atoms with Crippen LogP contribution in [0.3, 0.4) is 0 Å². The molecule has 12 heteroatoms. The molecular formula is C14H18N2O8S2. The standard InChI is InChI=1S/C14H18N2O8S2/c1-3-24-14(23)15-6(11(19)20)4-25-13-8(12(21)22)16-9(18)7(5(2)17)10(16)26-13/h5-7,10,17H,3-4H2,1-2H3,(H,15,23)(H,19,20)(H,21,22)/t5?,6-,7+,10+/m1/s1. The van der Waals surface area contributed by atoms with Crippen LogP contribution in [0.2, 0.25) is 0 Å². The number of fused-ring (bicyclic) bond motifs is 1. The molecule has 0 bridgehead atoms. The first-order valence-corrected chi connectivity index (χ1v) is 9.49. The molecule has 2 aliphatic heterocycles. The normalized spacial score (nSPS) is 23.8. The molecule has 0 radical (unpaired) electrons. The molecule has 4 N–H and O–H groups in total. The van der Waals surface area contributed by atoms with Crippen LogP contribution in [0.25, 0.3) is 0 Å². The Balaban J connectivity index is 2.10. The quantitative estimate of drug-likeness (QED) is 0.408. The molecule has 26 heavy (non-hydrogen) atoms. The molecule has 144 valence electrons. The van der Waals surface area contributed by atoms with E-state index in [0.29, 0.717) is 0 Å². The number of aliphatic carboxylic acids is 2. The monoisotopic (exact) mass is 406 g/mol. The van der Waals surface area contributed by atoms with E-state index in [1.165, 1.54) is 6.92 Å². The van der Waals surface area contributed by atoms with E-state index in [1.807, 2.05) is 0 Å². The third-order valence-corrected chi connectivity index (χ3v) is 6.47. The van der Waals surface area contributed by atoms with Gasteiger partial charge in [0.25, 0.3) is 0 Å². The molecule has 1 saturated heterocycles. The molecule has 0 spiro atoms. The number of aliphatic hydroxyl groups is 1. The summed E-state index contributed by atoms with van der Waals surface area (Å²) in [5.74, 6) is -3.95. The van der Waals surface area contributed by atoms with Crippen molar-refractivity contribution >= 4 is 47.5 Å². The number of alkyl carbamates (subject to hydrolysis) is 1. The summed E-state index contributed by atoms with van der Waals surface area (Å²) < 4.78 is 4.90. The minimum absolute atomic E-state index is 0.0783. The molecule has 0 saturated carbocycles. The van der Waals surface area contributed by atoms with E-state index in [-0.39, 0.29) is 22.3 Å². The van der Waals surface area contributed by atoms with Crippen LogP contribution in [0.5, 0.6) is 0 Å². The smallest absolute Gasteiger partial charge is 0.407 e. The number of nitrogens with one attached hydrogen (secondary N) is 1. The maximum Gasteiger partial charge on any atom is 0.407 e. The van der Waals surface area contributed by atoms with E-state index < -0.39 is 47.4 Å². The molecular weight excluding hydrogens is 388 g/mol. The Bertz CT molecular complexity index is 665. The largest absolute Gasteiger partial charge is 0.480 e. The van der Waals surface area contributed by atoms with Crippen molar-refractivity contribution in [1.82, 2.24) is 10.2 Å². The lowest BCUT2D eigenvalue weighted by atomic mass is 9.92. The zero-order chi connectivity index (χ0) is 19.6. The molecule has 4 atom stereocenters. The van der Waals surface area contributed by atoms with Crippen molar-refractivity contribution in [3.63, 3.8) is 0 Å². The molecule has 1 fully saturated rings. The van der Waals surface area contributed by atoms with Crippen molar-refractivity contribution in [1.29, 1.82) is 0 Å². The van der Waals surface area contributed by atoms with Crippen LogP contribution in [-0.4, -0.2) is 74.0 Å². The minimum Gasteiger partial charge on any atom is -0.480 e. The lowest BCUT2D eigenvalue weighted by Gasteiger charge is -2.43. The number of nitrogens with zero attached hydrogens (tertiary/aromatic N) is 1. The van der Waals surface area contributed by atoms with Crippen LogP contribution >= 0.6 is 23.5 Å². The highest BCUT2D eigenvalue weighted by Gasteiger charge is 2.57. The fraction of sp³-hybridized carbons (Fsp3) is 0.571. The summed E-state index contributed by atoms with van der Waals surface area (Å²) in [6, 6.07) is -1.29. The molecule has 2 heterocycles. The predicted molar refractivity (Wildman–Crippen MR) is 92.1 cm³/mol. The summed E-state index contributed by atoms with van der Waals surface area (Å²) in [6.45, 7) is 3.10. The summed E-state index contributed by atoms with van der Waals surface area (Å²) in [5, 5.41) is 29.9. The number of hydrogen-bond acceptors (Lipinski definition) is 8. The van der Waals surface area contributed by atoms with E-state index in [9.17, 15) is 34.5 Å². The van der Waals surface area contributed by atoms with Crippen molar-refractivity contribution < 1.29 is 39.2 Å². The summed E-state index contributed by atoms with van der Waals surface area (Å²) in [7, 11) is 0. The SMILES string of the molecule is CCOC(=O)N[C@H](CSC1=C(C(=O)O)N2C(=O)[C@H](C(C)O)[C@@H]2S1)C(=O)O. The van der Waals surface area contributed by atoms with Gasteiger partial charge in [-0.2, -0.15) is 0 Å². The number of thioether (sulfide) groups is 2. The molecule has 1 unspecified atom stereocenters. The number of rotatable bonds is 8. The highest BCUT2D eigenvalue weighted by molar-refractivity contribution is 8.22. The van der Waals surface area contributed by atoms with Crippen molar-refractivity contribution in [3.05, 3.63) is 9.93 Å². The van der Waals surface area contributed by atoms with Crippen LogP contribution in [0.4, 0.5) is 4.79 Å². The molecule has 10 nitrogen and oxygen atoms in total. The number of carbonyl (C=O) groups is 4. The van der Waals surface area contributed by atoms with Crippen molar-refractivity contribution in [2.45, 2.75) is 31.4 Å². The van der Waals surface area contributed by atoms with E-state index in [2.05, 4.69) is 10.1 Å². The Morgan fingerprint density at radius 2 is 2.04 bits per heavy atom. The Morgan fingerprint density at radius 1 is 1.38 bits per heavy atom. The Labute approximate surface area is 156 Å². The van der Waals surface area contributed by atoms with Gasteiger partial charge in [0.05, 0.1) is 22.9 Å². The number of carboxylic acids is 2. The van der Waals surface area contributed by atoms with Gasteiger partial charge in [0, 0.05) is 5.75 Å². The lowest BCUT2D eigenvalue weighted by molar-refractivity contribution is -0.156. The lowest BCUT2D eigenvalue weighted by Crippen LogP contribution is -2.60. The van der Waals surface area contributed by atoms with Crippen molar-refractivity contribution in [3.8, 4) is 0 Å². The number of carbonyl (C=O) groups excluding carboxylic acids is 2. The van der Waals surface area contributed by atoms with Crippen LogP contribution in [0, 0.1) is 5.92 Å². The van der Waals surface area contributed by atoms with Gasteiger partial charge in [-0.15, -0.1) is 11.8 Å². The van der Waals surface area contributed by atoms with Crippen LogP contribution in [0.1, 0.15) is 13.8 Å². The number of carboxylic acid groups (broad SMARTS) is 2. The zero-order valence-corrected chi connectivity index (χ0v) is 15.5. The van der Waals surface area contributed by atoms with Gasteiger partial charge < -0.3 is 25.4 Å². The van der Waals surface area contributed by atoms with E-state index >= 15 is 0 Å². The van der Waals surface area contributed by atoms with Gasteiger partial charge in [-0.1, -0.05) is 11.8 Å². The maximum atomic E-state index is 12.1. The fourth-order valence-electron chi connectivity index (χ4n) is 2.50. The number of amides is 2. The van der Waals surface area contributed by atoms with Crippen LogP contribution < -0.4 is 5.32 Å². The number of hydrogen-bond donors (Lipinski definition) is 4. The fourth-order valence-corrected chi connectivity index (χ4v) is 5.46. The Hall–Kier alpha value is -1.92. The second-order valence-corrected chi connectivity index (χ2v) is 7.91. The minimum atomic E-state index is -1.31. The summed E-state index contributed by atoms with van der Waals surface area (Å²) in [6.07, 6.45) is -1.81. The van der Waals surface area contributed by atoms with Gasteiger partial charge in [-0.25, -0.2) is 14.4 Å². The Morgan fingerprint density at radius 3 is 2.54 bits per heavy atom. The van der Waals surface area contributed by atoms with Gasteiger partial charge in [0.1, 0.15) is 11.4 Å². The molecule has 0 aromatic carbocycles. The molecule has 0 aromatic heterocycles. The molecule has 2 aliphatic rings. The van der Waals surface area contributed by atoms with Crippen LogP contribution in [0.15, 0.2) is 9.93 Å². The third-order valence-electron chi connectivity index (χ3n) is 3.72.